The van der Waals surface area contributed by atoms with Crippen LogP contribution in [0.2, 0.25) is 0 Å². The minimum atomic E-state index is -0.657. The lowest BCUT2D eigenvalue weighted by Crippen LogP contribution is -2.58. The number of carbonyl (C=O) groups is 1. The zero-order valence-electron chi connectivity index (χ0n) is 11.2. The van der Waals surface area contributed by atoms with E-state index in [1.165, 1.54) is 19.3 Å². The van der Waals surface area contributed by atoms with Crippen molar-refractivity contribution in [1.29, 1.82) is 0 Å². The summed E-state index contributed by atoms with van der Waals surface area (Å²) in [7, 11) is 0. The molecule has 4 heteroatoms. The van der Waals surface area contributed by atoms with Gasteiger partial charge in [-0.05, 0) is 25.7 Å². The Morgan fingerprint density at radius 1 is 1.17 bits per heavy atom. The number of aliphatic hydroxyl groups excluding tert-OH is 1. The molecule has 0 spiro atoms. The molecule has 0 heterocycles. The molecule has 2 saturated carbocycles. The van der Waals surface area contributed by atoms with Crippen LogP contribution in [0.5, 0.6) is 0 Å². The average molecular weight is 254 g/mol. The molecule has 2 aliphatic carbocycles. The molecule has 3 N–H and O–H groups in total. The number of hydrogen-bond donors (Lipinski definition) is 2. The summed E-state index contributed by atoms with van der Waals surface area (Å²) in [5.41, 5.74) is 5.67. The van der Waals surface area contributed by atoms with Gasteiger partial charge in [0.15, 0.2) is 0 Å². The van der Waals surface area contributed by atoms with Gasteiger partial charge in [-0.3, -0.25) is 4.79 Å². The summed E-state index contributed by atoms with van der Waals surface area (Å²) in [6, 6.07) is 0.312. The molecular formula is C14H26N2O2. The highest BCUT2D eigenvalue weighted by Gasteiger charge is 2.40. The van der Waals surface area contributed by atoms with Crippen LogP contribution >= 0.6 is 0 Å². The number of nitrogens with two attached hydrogens (primary N) is 1. The van der Waals surface area contributed by atoms with E-state index in [1.807, 2.05) is 4.90 Å². The Hall–Kier alpha value is -0.610. The normalized spacial score (nSPS) is 24.1. The zero-order valence-corrected chi connectivity index (χ0v) is 11.2. The fourth-order valence-electron chi connectivity index (χ4n) is 3.46. The van der Waals surface area contributed by atoms with Crippen LogP contribution in [0.4, 0.5) is 0 Å². The van der Waals surface area contributed by atoms with Crippen molar-refractivity contribution in [1.82, 2.24) is 4.90 Å². The van der Waals surface area contributed by atoms with Crippen molar-refractivity contribution >= 4 is 5.91 Å². The molecule has 0 aromatic carbocycles. The van der Waals surface area contributed by atoms with Crippen LogP contribution in [0.15, 0.2) is 0 Å². The summed E-state index contributed by atoms with van der Waals surface area (Å²) in [5, 5.41) is 9.19. The standard InChI is InChI=1S/C14H26N2O2/c15-14(8-4-1-5-9-14)13(18)16(10-11-17)12-6-2-3-7-12/h12,17H,1-11,15H2. The molecule has 4 nitrogen and oxygen atoms in total. The molecule has 104 valence electrons. The van der Waals surface area contributed by atoms with Crippen molar-refractivity contribution in [2.45, 2.75) is 69.4 Å². The Morgan fingerprint density at radius 3 is 2.33 bits per heavy atom. The van der Waals surface area contributed by atoms with Crippen molar-refractivity contribution in [3.05, 3.63) is 0 Å². The summed E-state index contributed by atoms with van der Waals surface area (Å²) in [6.07, 6.45) is 9.44. The molecule has 0 aliphatic heterocycles. The Bertz CT molecular complexity index is 282. The van der Waals surface area contributed by atoms with Crippen molar-refractivity contribution in [3.63, 3.8) is 0 Å². The average Bonchev–Trinajstić information content (AvgIpc) is 2.90. The third kappa shape index (κ3) is 2.86. The second-order valence-electron chi connectivity index (χ2n) is 5.88. The van der Waals surface area contributed by atoms with Crippen LogP contribution in [0.3, 0.4) is 0 Å². The molecule has 2 aliphatic rings. The van der Waals surface area contributed by atoms with Gasteiger partial charge in [0.1, 0.15) is 0 Å². The molecule has 0 saturated heterocycles. The van der Waals surface area contributed by atoms with Gasteiger partial charge in [-0.15, -0.1) is 0 Å². The lowest BCUT2D eigenvalue weighted by atomic mass is 9.81. The predicted octanol–water partition coefficient (Wildman–Crippen LogP) is 1.41. The summed E-state index contributed by atoms with van der Waals surface area (Å²) in [5.74, 6) is 0.0863. The predicted molar refractivity (Wildman–Crippen MR) is 71.1 cm³/mol. The van der Waals surface area contributed by atoms with Crippen molar-refractivity contribution in [2.75, 3.05) is 13.2 Å². The fraction of sp³-hybridized carbons (Fsp3) is 0.929. The van der Waals surface area contributed by atoms with Gasteiger partial charge < -0.3 is 15.7 Å². The first-order valence-electron chi connectivity index (χ1n) is 7.38. The minimum absolute atomic E-state index is 0.0400. The first-order valence-corrected chi connectivity index (χ1v) is 7.38. The Kier molecular flexibility index (Phi) is 4.62. The van der Waals surface area contributed by atoms with E-state index in [4.69, 9.17) is 5.73 Å². The number of rotatable bonds is 4. The smallest absolute Gasteiger partial charge is 0.242 e. The third-order valence-electron chi connectivity index (χ3n) is 4.54. The van der Waals surface area contributed by atoms with Gasteiger partial charge in [0, 0.05) is 12.6 Å². The van der Waals surface area contributed by atoms with Gasteiger partial charge in [-0.25, -0.2) is 0 Å². The SMILES string of the molecule is NC1(C(=O)N(CCO)C2CCCC2)CCCCC1. The van der Waals surface area contributed by atoms with E-state index >= 15 is 0 Å². The first-order chi connectivity index (χ1) is 8.67. The van der Waals surface area contributed by atoms with Crippen LogP contribution in [0.25, 0.3) is 0 Å². The summed E-state index contributed by atoms with van der Waals surface area (Å²) in [4.78, 5) is 14.6. The monoisotopic (exact) mass is 254 g/mol. The van der Waals surface area contributed by atoms with E-state index in [0.29, 0.717) is 12.6 Å². The van der Waals surface area contributed by atoms with E-state index in [-0.39, 0.29) is 12.5 Å². The molecule has 1 amide bonds. The van der Waals surface area contributed by atoms with Gasteiger partial charge in [0.2, 0.25) is 5.91 Å². The summed E-state index contributed by atoms with van der Waals surface area (Å²) in [6.45, 7) is 0.487. The van der Waals surface area contributed by atoms with Crippen LogP contribution in [-0.2, 0) is 4.79 Å². The highest BCUT2D eigenvalue weighted by atomic mass is 16.3. The molecule has 18 heavy (non-hydrogen) atoms. The molecule has 0 aromatic heterocycles. The molecule has 0 radical (unpaired) electrons. The largest absolute Gasteiger partial charge is 0.395 e. The van der Waals surface area contributed by atoms with Gasteiger partial charge >= 0.3 is 0 Å². The number of amides is 1. The van der Waals surface area contributed by atoms with E-state index < -0.39 is 5.54 Å². The highest BCUT2D eigenvalue weighted by molar-refractivity contribution is 5.86. The number of aliphatic hydroxyl groups is 1. The van der Waals surface area contributed by atoms with Crippen molar-refractivity contribution in [3.8, 4) is 0 Å². The second-order valence-corrected chi connectivity index (χ2v) is 5.88. The maximum atomic E-state index is 12.7. The maximum Gasteiger partial charge on any atom is 0.242 e. The Labute approximate surface area is 110 Å². The number of carbonyl (C=O) groups excluding carboxylic acids is 1. The highest BCUT2D eigenvalue weighted by Crippen LogP contribution is 2.31. The minimum Gasteiger partial charge on any atom is -0.395 e. The molecule has 2 rings (SSSR count). The van der Waals surface area contributed by atoms with Gasteiger partial charge in [0.05, 0.1) is 12.1 Å². The fourth-order valence-corrected chi connectivity index (χ4v) is 3.46. The second kappa shape index (κ2) is 6.02. The topological polar surface area (TPSA) is 66.6 Å². The van der Waals surface area contributed by atoms with E-state index in [9.17, 15) is 9.90 Å². The Morgan fingerprint density at radius 2 is 1.78 bits per heavy atom. The van der Waals surface area contributed by atoms with Crippen LogP contribution in [0.1, 0.15) is 57.8 Å². The number of nitrogens with zero attached hydrogens (tertiary/aromatic N) is 1. The van der Waals surface area contributed by atoms with Gasteiger partial charge in [-0.2, -0.15) is 0 Å². The number of hydrogen-bond acceptors (Lipinski definition) is 3. The molecule has 0 aromatic rings. The van der Waals surface area contributed by atoms with Gasteiger partial charge in [0.25, 0.3) is 0 Å². The van der Waals surface area contributed by atoms with Crippen LogP contribution in [0, 0.1) is 0 Å². The van der Waals surface area contributed by atoms with E-state index in [2.05, 4.69) is 0 Å². The maximum absolute atomic E-state index is 12.7. The molecule has 2 fully saturated rings. The zero-order chi connectivity index (χ0) is 13.0. The lowest BCUT2D eigenvalue weighted by molar-refractivity contribution is -0.141. The molecular weight excluding hydrogens is 228 g/mol. The first kappa shape index (κ1) is 13.8. The van der Waals surface area contributed by atoms with Crippen LogP contribution in [-0.4, -0.2) is 40.6 Å². The van der Waals surface area contributed by atoms with Crippen molar-refractivity contribution < 1.29 is 9.90 Å². The summed E-state index contributed by atoms with van der Waals surface area (Å²) >= 11 is 0. The quantitative estimate of drug-likeness (QED) is 0.797. The van der Waals surface area contributed by atoms with E-state index in [1.54, 1.807) is 0 Å². The molecule has 0 atom stereocenters. The Balaban J connectivity index is 2.06. The third-order valence-corrected chi connectivity index (χ3v) is 4.54. The van der Waals surface area contributed by atoms with Crippen molar-refractivity contribution in [2.24, 2.45) is 5.73 Å². The molecule has 0 unspecified atom stereocenters. The van der Waals surface area contributed by atoms with E-state index in [0.717, 1.165) is 38.5 Å². The molecule has 0 bridgehead atoms. The van der Waals surface area contributed by atoms with Gasteiger partial charge in [-0.1, -0.05) is 32.1 Å². The van der Waals surface area contributed by atoms with Crippen LogP contribution < -0.4 is 5.73 Å². The summed E-state index contributed by atoms with van der Waals surface area (Å²) < 4.78 is 0. The lowest BCUT2D eigenvalue weighted by Gasteiger charge is -2.39.